The van der Waals surface area contributed by atoms with E-state index in [-0.39, 0.29) is 6.09 Å². The van der Waals surface area contributed by atoms with Gasteiger partial charge in [0.25, 0.3) is 0 Å². The summed E-state index contributed by atoms with van der Waals surface area (Å²) in [6.45, 7) is 10.8. The van der Waals surface area contributed by atoms with E-state index >= 15 is 0 Å². The van der Waals surface area contributed by atoms with Crippen LogP contribution in [0.25, 0.3) is 43.2 Å². The van der Waals surface area contributed by atoms with Gasteiger partial charge in [-0.1, -0.05) is 23.7 Å². The number of piperidine rings is 1. The second kappa shape index (κ2) is 13.2. The first kappa shape index (κ1) is 34.4. The molecule has 7 rings (SSSR count). The quantitative estimate of drug-likeness (QED) is 0.183. The topological polar surface area (TPSA) is 123 Å². The maximum absolute atomic E-state index is 12.7. The van der Waals surface area contributed by atoms with Crippen molar-refractivity contribution in [3.05, 3.63) is 64.4 Å². The molecule has 0 spiro atoms. The van der Waals surface area contributed by atoms with Crippen molar-refractivity contribution in [2.24, 2.45) is 7.05 Å². The standard InChI is InChI=1S/C37H41ClN6O5S/c1-20-15-26-32(29(22-7-9-23(38)10-8-22)28(20)31(35(45)46)49-37(2,3)4)50-34(41-26)27-16-39-33-30(40-27)25(19-42(33)5)21-11-13-43(14-12-21)24-17-44(18-24)36(47)48-6/h7-10,15-16,19,21,24,31H,11-14,17-18H2,1-6H3,(H,45,46). The van der Waals surface area contributed by atoms with E-state index in [0.717, 1.165) is 64.0 Å². The molecular weight excluding hydrogens is 676 g/mol. The number of likely N-dealkylation sites (tertiary alicyclic amines) is 2. The van der Waals surface area contributed by atoms with E-state index in [0.29, 0.717) is 46.3 Å². The average Bonchev–Trinajstić information content (AvgIpc) is 3.63. The number of thiazole rings is 1. The molecule has 3 aromatic heterocycles. The number of hydrogen-bond donors (Lipinski definition) is 1. The molecule has 2 aromatic carbocycles. The number of carbonyl (C=O) groups is 2. The third-order valence-electron chi connectivity index (χ3n) is 9.71. The first-order valence-corrected chi connectivity index (χ1v) is 18.0. The Bertz CT molecular complexity index is 2090. The van der Waals surface area contributed by atoms with Gasteiger partial charge in [0.05, 0.1) is 29.1 Å². The number of carboxylic acids is 1. The molecule has 2 fully saturated rings. The SMILES string of the molecule is COC(=O)N1CC(N2CCC(c3cn(C)c4ncc(-c5nc6cc(C)c(C(OC(C)(C)C)C(=O)O)c(-c7ccc(Cl)cc7)c6s5)nc34)CC2)C1. The fourth-order valence-corrected chi connectivity index (χ4v) is 8.46. The number of methoxy groups -OCH3 is 1. The van der Waals surface area contributed by atoms with E-state index in [4.69, 9.17) is 36.0 Å². The molecule has 1 amide bonds. The van der Waals surface area contributed by atoms with Crippen LogP contribution in [0.4, 0.5) is 4.79 Å². The van der Waals surface area contributed by atoms with Crippen LogP contribution in [0.2, 0.25) is 5.02 Å². The molecule has 5 aromatic rings. The highest BCUT2D eigenvalue weighted by molar-refractivity contribution is 7.22. The molecule has 2 aliphatic rings. The Morgan fingerprint density at radius 3 is 2.44 bits per heavy atom. The summed E-state index contributed by atoms with van der Waals surface area (Å²) in [6.07, 6.45) is 4.47. The molecule has 50 heavy (non-hydrogen) atoms. The number of rotatable bonds is 7. The molecule has 0 bridgehead atoms. The predicted molar refractivity (Wildman–Crippen MR) is 195 cm³/mol. The molecule has 1 N–H and O–H groups in total. The molecule has 1 atom stereocenters. The van der Waals surface area contributed by atoms with Crippen LogP contribution in [0.1, 0.15) is 62.3 Å². The summed E-state index contributed by atoms with van der Waals surface area (Å²) >= 11 is 7.75. The Labute approximate surface area is 299 Å². The normalized spacial score (nSPS) is 17.0. The number of carbonyl (C=O) groups excluding carboxylic acids is 1. The van der Waals surface area contributed by atoms with Gasteiger partial charge in [-0.3, -0.25) is 4.90 Å². The lowest BCUT2D eigenvalue weighted by molar-refractivity contribution is -0.160. The van der Waals surface area contributed by atoms with E-state index in [1.54, 1.807) is 23.2 Å². The zero-order valence-electron chi connectivity index (χ0n) is 29.1. The molecule has 262 valence electrons. The highest BCUT2D eigenvalue weighted by atomic mass is 35.5. The Morgan fingerprint density at radius 1 is 1.10 bits per heavy atom. The van der Waals surface area contributed by atoms with Crippen LogP contribution in [-0.4, -0.2) is 91.4 Å². The summed E-state index contributed by atoms with van der Waals surface area (Å²) < 4.78 is 13.9. The molecule has 0 saturated carbocycles. The molecule has 5 heterocycles. The minimum atomic E-state index is -1.19. The van der Waals surface area contributed by atoms with Crippen LogP contribution in [0, 0.1) is 6.92 Å². The number of fused-ring (bicyclic) bond motifs is 2. The maximum atomic E-state index is 12.7. The summed E-state index contributed by atoms with van der Waals surface area (Å²) in [5.74, 6) is -0.721. The van der Waals surface area contributed by atoms with Crippen molar-refractivity contribution in [1.82, 2.24) is 29.3 Å². The third-order valence-corrected chi connectivity index (χ3v) is 11.1. The molecule has 11 nitrogen and oxygen atoms in total. The molecule has 2 aliphatic heterocycles. The van der Waals surface area contributed by atoms with E-state index in [1.807, 2.05) is 57.5 Å². The Hall–Kier alpha value is -4.10. The van der Waals surface area contributed by atoms with Crippen molar-refractivity contribution in [3.8, 4) is 21.8 Å². The number of carboxylic acid groups (broad SMARTS) is 1. The fourth-order valence-electron chi connectivity index (χ4n) is 7.26. The number of benzene rings is 2. The first-order chi connectivity index (χ1) is 23.8. The highest BCUT2D eigenvalue weighted by Crippen LogP contribution is 2.44. The fraction of sp³-hybridized carbons (Fsp3) is 0.432. The zero-order valence-corrected chi connectivity index (χ0v) is 30.6. The summed E-state index contributed by atoms with van der Waals surface area (Å²) in [6, 6.07) is 9.74. The van der Waals surface area contributed by atoms with Crippen molar-refractivity contribution >= 4 is 56.4 Å². The van der Waals surface area contributed by atoms with Gasteiger partial charge in [-0.05, 0) is 88.9 Å². The minimum Gasteiger partial charge on any atom is -0.479 e. The Kier molecular flexibility index (Phi) is 9.08. The van der Waals surface area contributed by atoms with E-state index in [1.165, 1.54) is 24.0 Å². The molecule has 2 saturated heterocycles. The first-order valence-electron chi connectivity index (χ1n) is 16.8. The van der Waals surface area contributed by atoms with Crippen molar-refractivity contribution in [3.63, 3.8) is 0 Å². The van der Waals surface area contributed by atoms with E-state index in [2.05, 4.69) is 11.1 Å². The summed E-state index contributed by atoms with van der Waals surface area (Å²) in [5, 5.41) is 11.7. The second-order valence-corrected chi connectivity index (χ2v) is 15.7. The van der Waals surface area contributed by atoms with Gasteiger partial charge >= 0.3 is 12.1 Å². The largest absolute Gasteiger partial charge is 0.479 e. The lowest BCUT2D eigenvalue weighted by atomic mass is 9.89. The number of hydrogen-bond acceptors (Lipinski definition) is 9. The van der Waals surface area contributed by atoms with Crippen LogP contribution >= 0.6 is 22.9 Å². The van der Waals surface area contributed by atoms with Crippen LogP contribution in [0.15, 0.2) is 42.7 Å². The van der Waals surface area contributed by atoms with Crippen LogP contribution in [0.5, 0.6) is 0 Å². The number of aromatic nitrogens is 4. The molecule has 13 heteroatoms. The van der Waals surface area contributed by atoms with Gasteiger partial charge in [-0.25, -0.2) is 24.5 Å². The predicted octanol–water partition coefficient (Wildman–Crippen LogP) is 7.44. The lowest BCUT2D eigenvalue weighted by Gasteiger charge is -2.46. The van der Waals surface area contributed by atoms with Gasteiger partial charge in [0.2, 0.25) is 0 Å². The third kappa shape index (κ3) is 6.45. The van der Waals surface area contributed by atoms with Crippen LogP contribution < -0.4 is 0 Å². The maximum Gasteiger partial charge on any atom is 0.409 e. The molecular formula is C37H41ClN6O5S. The molecule has 0 aliphatic carbocycles. The molecule has 0 radical (unpaired) electrons. The van der Waals surface area contributed by atoms with Crippen molar-refractivity contribution in [2.75, 3.05) is 33.3 Å². The summed E-state index contributed by atoms with van der Waals surface area (Å²) in [4.78, 5) is 43.9. The van der Waals surface area contributed by atoms with Gasteiger partial charge in [0, 0.05) is 54.1 Å². The van der Waals surface area contributed by atoms with Crippen LogP contribution in [-0.2, 0) is 21.3 Å². The zero-order chi connectivity index (χ0) is 35.5. The molecule has 1 unspecified atom stereocenters. The summed E-state index contributed by atoms with van der Waals surface area (Å²) in [5.41, 5.74) is 6.57. The monoisotopic (exact) mass is 716 g/mol. The van der Waals surface area contributed by atoms with Gasteiger partial charge in [0.1, 0.15) is 16.2 Å². The number of aliphatic carboxylic acids is 1. The average molecular weight is 717 g/mol. The van der Waals surface area contributed by atoms with Crippen molar-refractivity contribution in [1.29, 1.82) is 0 Å². The lowest BCUT2D eigenvalue weighted by Crippen LogP contribution is -2.62. The number of nitrogens with zero attached hydrogens (tertiary/aromatic N) is 6. The Balaban J connectivity index is 1.25. The number of ether oxygens (including phenoxy) is 2. The van der Waals surface area contributed by atoms with Gasteiger partial charge in [-0.15, -0.1) is 11.3 Å². The van der Waals surface area contributed by atoms with E-state index < -0.39 is 17.7 Å². The number of aryl methyl sites for hydroxylation is 2. The van der Waals surface area contributed by atoms with Crippen molar-refractivity contribution < 1.29 is 24.2 Å². The Morgan fingerprint density at radius 2 is 1.80 bits per heavy atom. The van der Waals surface area contributed by atoms with Gasteiger partial charge in [0.15, 0.2) is 11.8 Å². The number of halogens is 1. The van der Waals surface area contributed by atoms with Gasteiger partial charge in [-0.2, -0.15) is 0 Å². The smallest absolute Gasteiger partial charge is 0.409 e. The number of amides is 1. The van der Waals surface area contributed by atoms with Crippen molar-refractivity contribution in [2.45, 2.75) is 64.2 Å². The summed E-state index contributed by atoms with van der Waals surface area (Å²) in [7, 11) is 3.43. The second-order valence-electron chi connectivity index (χ2n) is 14.3. The minimum absolute atomic E-state index is 0.259. The van der Waals surface area contributed by atoms with E-state index in [9.17, 15) is 14.7 Å². The van der Waals surface area contributed by atoms with Gasteiger partial charge < -0.3 is 24.0 Å². The highest BCUT2D eigenvalue weighted by Gasteiger charge is 2.38. The van der Waals surface area contributed by atoms with Crippen LogP contribution in [0.3, 0.4) is 0 Å².